The van der Waals surface area contributed by atoms with Gasteiger partial charge in [-0.2, -0.15) is 0 Å². The molecule has 2 rings (SSSR count). The van der Waals surface area contributed by atoms with Crippen LogP contribution in [-0.2, 0) is 4.74 Å². The van der Waals surface area contributed by atoms with Gasteiger partial charge in [0, 0.05) is 12.3 Å². The Labute approximate surface area is 77.0 Å². The number of allylic oxidation sites excluding steroid dienone is 2. The predicted molar refractivity (Wildman–Crippen MR) is 54.1 cm³/mol. The highest BCUT2D eigenvalue weighted by molar-refractivity contribution is 6.46. The summed E-state index contributed by atoms with van der Waals surface area (Å²) in [5, 5.41) is 1.79. The van der Waals surface area contributed by atoms with E-state index in [1.807, 2.05) is 0 Å². The van der Waals surface area contributed by atoms with Crippen molar-refractivity contribution in [3.63, 3.8) is 0 Å². The van der Waals surface area contributed by atoms with E-state index in [1.165, 1.54) is 38.5 Å². The SMILES string of the molecule is C1=C([SiH2]C2CCCCO2)CCC1. The van der Waals surface area contributed by atoms with Gasteiger partial charge >= 0.3 is 0 Å². The van der Waals surface area contributed by atoms with Gasteiger partial charge in [-0.1, -0.05) is 11.3 Å². The van der Waals surface area contributed by atoms with Gasteiger partial charge in [-0.05, 0) is 38.5 Å². The molecule has 1 heterocycles. The topological polar surface area (TPSA) is 9.23 Å². The summed E-state index contributed by atoms with van der Waals surface area (Å²) in [6, 6.07) is 0. The molecule has 1 fully saturated rings. The van der Waals surface area contributed by atoms with Gasteiger partial charge in [-0.25, -0.2) is 0 Å². The Morgan fingerprint density at radius 3 is 3.00 bits per heavy atom. The third kappa shape index (κ3) is 2.20. The van der Waals surface area contributed by atoms with Crippen LogP contribution in [0.15, 0.2) is 11.3 Å². The van der Waals surface area contributed by atoms with E-state index in [1.54, 1.807) is 5.20 Å². The van der Waals surface area contributed by atoms with Gasteiger partial charge in [0.15, 0.2) is 0 Å². The lowest BCUT2D eigenvalue weighted by atomic mass is 10.2. The summed E-state index contributed by atoms with van der Waals surface area (Å²) in [5.74, 6) is 0. The van der Waals surface area contributed by atoms with Gasteiger partial charge in [0.1, 0.15) is 0 Å². The molecular formula is C10H18OSi. The van der Waals surface area contributed by atoms with Crippen molar-refractivity contribution in [2.75, 3.05) is 6.61 Å². The van der Waals surface area contributed by atoms with Crippen LogP contribution < -0.4 is 0 Å². The predicted octanol–water partition coefficient (Wildman–Crippen LogP) is 1.75. The molecule has 1 atom stereocenters. The Morgan fingerprint density at radius 1 is 1.33 bits per heavy atom. The van der Waals surface area contributed by atoms with Crippen LogP contribution in [0.3, 0.4) is 0 Å². The highest BCUT2D eigenvalue weighted by Gasteiger charge is 2.17. The molecule has 1 saturated heterocycles. The summed E-state index contributed by atoms with van der Waals surface area (Å²) in [5.41, 5.74) is 0.697. The van der Waals surface area contributed by atoms with E-state index >= 15 is 0 Å². The monoisotopic (exact) mass is 182 g/mol. The Kier molecular flexibility index (Phi) is 3.01. The lowest BCUT2D eigenvalue weighted by molar-refractivity contribution is 0.0656. The molecule has 0 amide bonds. The Bertz CT molecular complexity index is 171. The molecule has 0 saturated carbocycles. The first kappa shape index (κ1) is 8.51. The van der Waals surface area contributed by atoms with Crippen LogP contribution in [-0.4, -0.2) is 21.9 Å². The Hall–Kier alpha value is -0.0831. The summed E-state index contributed by atoms with van der Waals surface area (Å²) < 4.78 is 5.76. The summed E-state index contributed by atoms with van der Waals surface area (Å²) in [6.45, 7) is 1.03. The fraction of sp³-hybridized carbons (Fsp3) is 0.800. The molecule has 2 heteroatoms. The quantitative estimate of drug-likeness (QED) is 0.591. The van der Waals surface area contributed by atoms with Gasteiger partial charge < -0.3 is 4.74 Å². The number of hydrogen-bond donors (Lipinski definition) is 0. The van der Waals surface area contributed by atoms with Crippen LogP contribution in [0, 0.1) is 0 Å². The third-order valence-corrected chi connectivity index (χ3v) is 5.16. The molecule has 1 aliphatic heterocycles. The summed E-state index contributed by atoms with van der Waals surface area (Å²) in [4.78, 5) is 0. The van der Waals surface area contributed by atoms with E-state index in [2.05, 4.69) is 6.08 Å². The van der Waals surface area contributed by atoms with Crippen molar-refractivity contribution in [3.8, 4) is 0 Å². The first-order chi connectivity index (χ1) is 5.95. The van der Waals surface area contributed by atoms with Crippen molar-refractivity contribution >= 4 is 9.52 Å². The second-order valence-electron chi connectivity index (χ2n) is 3.95. The van der Waals surface area contributed by atoms with Crippen molar-refractivity contribution in [3.05, 3.63) is 11.3 Å². The first-order valence-corrected chi connectivity index (χ1v) is 6.77. The molecule has 1 nitrogen and oxygen atoms in total. The maximum absolute atomic E-state index is 5.76. The van der Waals surface area contributed by atoms with Gasteiger partial charge in [-0.15, -0.1) is 0 Å². The highest BCUT2D eigenvalue weighted by Crippen LogP contribution is 2.20. The number of rotatable bonds is 2. The molecule has 0 aromatic carbocycles. The molecule has 0 N–H and O–H groups in total. The van der Waals surface area contributed by atoms with Crippen molar-refractivity contribution in [2.24, 2.45) is 0 Å². The minimum atomic E-state index is -0.0191. The van der Waals surface area contributed by atoms with Crippen molar-refractivity contribution in [1.82, 2.24) is 0 Å². The minimum Gasteiger partial charge on any atom is -0.382 e. The smallest absolute Gasteiger partial charge is 0.0832 e. The minimum absolute atomic E-state index is 0.0191. The molecule has 0 aromatic heterocycles. The molecule has 1 aliphatic carbocycles. The van der Waals surface area contributed by atoms with Crippen LogP contribution >= 0.6 is 0 Å². The second-order valence-corrected chi connectivity index (χ2v) is 6.17. The highest BCUT2D eigenvalue weighted by atomic mass is 28.2. The van der Waals surface area contributed by atoms with E-state index in [4.69, 9.17) is 4.74 Å². The Morgan fingerprint density at radius 2 is 2.33 bits per heavy atom. The maximum Gasteiger partial charge on any atom is 0.0832 e. The van der Waals surface area contributed by atoms with Crippen LogP contribution in [0.4, 0.5) is 0 Å². The van der Waals surface area contributed by atoms with Crippen LogP contribution in [0.1, 0.15) is 38.5 Å². The van der Waals surface area contributed by atoms with E-state index in [0.717, 1.165) is 6.61 Å². The average Bonchev–Trinajstić information content (AvgIpc) is 2.59. The summed E-state index contributed by atoms with van der Waals surface area (Å²) >= 11 is 0. The molecular weight excluding hydrogens is 164 g/mol. The molecule has 12 heavy (non-hydrogen) atoms. The van der Waals surface area contributed by atoms with Crippen molar-refractivity contribution < 1.29 is 4.74 Å². The van der Waals surface area contributed by atoms with Gasteiger partial charge in [0.2, 0.25) is 0 Å². The van der Waals surface area contributed by atoms with Crippen molar-refractivity contribution in [2.45, 2.75) is 44.3 Å². The van der Waals surface area contributed by atoms with Crippen LogP contribution in [0.5, 0.6) is 0 Å². The lowest BCUT2D eigenvalue weighted by Gasteiger charge is -2.22. The average molecular weight is 182 g/mol. The molecule has 0 aromatic rings. The van der Waals surface area contributed by atoms with E-state index in [-0.39, 0.29) is 9.52 Å². The second kappa shape index (κ2) is 4.24. The third-order valence-electron chi connectivity index (χ3n) is 2.90. The van der Waals surface area contributed by atoms with E-state index in [9.17, 15) is 0 Å². The van der Waals surface area contributed by atoms with Gasteiger partial charge in [0.25, 0.3) is 0 Å². The molecule has 0 bridgehead atoms. The largest absolute Gasteiger partial charge is 0.382 e. The fourth-order valence-electron chi connectivity index (χ4n) is 2.18. The summed E-state index contributed by atoms with van der Waals surface area (Å²) in [6.07, 6.45) is 10.7. The molecule has 0 radical (unpaired) electrons. The van der Waals surface area contributed by atoms with Gasteiger partial charge in [0.05, 0.1) is 9.52 Å². The van der Waals surface area contributed by atoms with Crippen LogP contribution in [0.25, 0.3) is 0 Å². The zero-order valence-electron chi connectivity index (χ0n) is 7.72. The number of hydrogen-bond acceptors (Lipinski definition) is 1. The Balaban J connectivity index is 1.77. The normalized spacial score (nSPS) is 31.3. The van der Waals surface area contributed by atoms with E-state index in [0.29, 0.717) is 5.73 Å². The first-order valence-electron chi connectivity index (χ1n) is 5.24. The van der Waals surface area contributed by atoms with Crippen molar-refractivity contribution in [1.29, 1.82) is 0 Å². The maximum atomic E-state index is 5.76. The molecule has 1 unspecified atom stereocenters. The summed E-state index contributed by atoms with van der Waals surface area (Å²) in [7, 11) is -0.0191. The number of ether oxygens (including phenoxy) is 1. The lowest BCUT2D eigenvalue weighted by Crippen LogP contribution is -2.26. The van der Waals surface area contributed by atoms with Gasteiger partial charge in [-0.3, -0.25) is 0 Å². The zero-order valence-corrected chi connectivity index (χ0v) is 9.13. The molecule has 68 valence electrons. The fourth-order valence-corrected chi connectivity index (χ4v) is 4.37. The van der Waals surface area contributed by atoms with Crippen LogP contribution in [0.2, 0.25) is 0 Å². The molecule has 0 spiro atoms. The molecule has 2 aliphatic rings. The zero-order chi connectivity index (χ0) is 8.23. The standard InChI is InChI=1S/C10H18OSi/c1-2-6-9(5-1)12-10-7-3-4-8-11-10/h5,10H,1-4,6-8,12H2. The van der Waals surface area contributed by atoms with E-state index < -0.39 is 0 Å².